The normalized spacial score (nSPS) is 18.1. The third kappa shape index (κ3) is 3.12. The van der Waals surface area contributed by atoms with Crippen molar-refractivity contribution in [2.45, 2.75) is 25.5 Å². The Labute approximate surface area is 151 Å². The Morgan fingerprint density at radius 3 is 3.04 bits per heavy atom. The summed E-state index contributed by atoms with van der Waals surface area (Å²) in [6, 6.07) is 10.3. The van der Waals surface area contributed by atoms with Crippen molar-refractivity contribution in [3.63, 3.8) is 0 Å². The van der Waals surface area contributed by atoms with Gasteiger partial charge in [-0.05, 0) is 36.6 Å². The molecule has 0 bridgehead atoms. The molecule has 7 nitrogen and oxygen atoms in total. The Hall–Kier alpha value is -2.95. The summed E-state index contributed by atoms with van der Waals surface area (Å²) in [5.74, 6) is 0.189. The fraction of sp³-hybridized carbons (Fsp3) is 0.316. The van der Waals surface area contributed by atoms with Gasteiger partial charge in [-0.2, -0.15) is 5.26 Å². The highest BCUT2D eigenvalue weighted by molar-refractivity contribution is 5.69. The van der Waals surface area contributed by atoms with E-state index in [0.29, 0.717) is 11.2 Å². The summed E-state index contributed by atoms with van der Waals surface area (Å²) >= 11 is 0. The Bertz CT molecular complexity index is 989. The second kappa shape index (κ2) is 6.75. The van der Waals surface area contributed by atoms with Gasteiger partial charge in [0.1, 0.15) is 11.6 Å². The number of nitrogens with two attached hydrogens (primary N) is 1. The van der Waals surface area contributed by atoms with Crippen LogP contribution in [0.1, 0.15) is 24.0 Å². The number of aliphatic hydroxyl groups excluding tert-OH is 1. The summed E-state index contributed by atoms with van der Waals surface area (Å²) < 4.78 is 1.55. The van der Waals surface area contributed by atoms with Gasteiger partial charge in [-0.15, -0.1) is 5.10 Å². The molecule has 1 aliphatic heterocycles. The molecule has 132 valence electrons. The lowest BCUT2D eigenvalue weighted by atomic mass is 10.0. The SMILES string of the molecule is N#Cc1c(N)nn2cc(-c3cccc(CN4CCC[C@@H](O)C4)c3)cnc12. The molecule has 3 heterocycles. The second-order valence-electron chi connectivity index (χ2n) is 6.71. The standard InChI is InChI=1S/C19H20N6O/c20-8-17-18(21)23-25-11-15(9-22-19(17)25)14-4-1-3-13(7-14)10-24-6-2-5-16(26)12-24/h1,3-4,7,9,11,16,26H,2,5-6,10,12H2,(H2,21,23)/t16-/m1/s1. The quantitative estimate of drug-likeness (QED) is 0.748. The molecule has 3 aromatic rings. The molecule has 0 aliphatic carbocycles. The van der Waals surface area contributed by atoms with Crippen LogP contribution >= 0.6 is 0 Å². The van der Waals surface area contributed by atoms with E-state index in [0.717, 1.165) is 43.6 Å². The summed E-state index contributed by atoms with van der Waals surface area (Å²) in [7, 11) is 0. The van der Waals surface area contributed by atoms with E-state index in [9.17, 15) is 5.11 Å². The molecule has 2 aromatic heterocycles. The van der Waals surface area contributed by atoms with Gasteiger partial charge in [-0.1, -0.05) is 18.2 Å². The summed E-state index contributed by atoms with van der Waals surface area (Å²) in [5, 5.41) is 23.2. The molecular weight excluding hydrogens is 328 g/mol. The van der Waals surface area contributed by atoms with E-state index < -0.39 is 0 Å². The molecule has 1 atom stereocenters. The number of likely N-dealkylation sites (tertiary alicyclic amines) is 1. The van der Waals surface area contributed by atoms with E-state index in [4.69, 9.17) is 11.0 Å². The lowest BCUT2D eigenvalue weighted by Crippen LogP contribution is -2.37. The molecule has 0 unspecified atom stereocenters. The first-order valence-electron chi connectivity index (χ1n) is 8.68. The highest BCUT2D eigenvalue weighted by atomic mass is 16.3. The molecule has 3 N–H and O–H groups in total. The van der Waals surface area contributed by atoms with Crippen LogP contribution < -0.4 is 5.73 Å². The summed E-state index contributed by atoms with van der Waals surface area (Å²) in [6.07, 6.45) is 5.27. The lowest BCUT2D eigenvalue weighted by Gasteiger charge is -2.30. The van der Waals surface area contributed by atoms with Crippen molar-refractivity contribution in [3.8, 4) is 17.2 Å². The third-order valence-electron chi connectivity index (χ3n) is 4.76. The maximum Gasteiger partial charge on any atom is 0.175 e. The number of hydrogen-bond donors (Lipinski definition) is 2. The van der Waals surface area contributed by atoms with Crippen LogP contribution in [0.4, 0.5) is 5.82 Å². The molecule has 1 aromatic carbocycles. The van der Waals surface area contributed by atoms with Crippen LogP contribution in [0.5, 0.6) is 0 Å². The number of benzene rings is 1. The predicted octanol–water partition coefficient (Wildman–Crippen LogP) is 1.81. The zero-order valence-electron chi connectivity index (χ0n) is 14.3. The van der Waals surface area contributed by atoms with Gasteiger partial charge >= 0.3 is 0 Å². The smallest absolute Gasteiger partial charge is 0.175 e. The largest absolute Gasteiger partial charge is 0.392 e. The number of hydrogen-bond acceptors (Lipinski definition) is 6. The summed E-state index contributed by atoms with van der Waals surface area (Å²) in [6.45, 7) is 2.55. The Balaban J connectivity index is 1.62. The average molecular weight is 348 g/mol. The number of anilines is 1. The maximum absolute atomic E-state index is 9.84. The van der Waals surface area contributed by atoms with Crippen molar-refractivity contribution in [2.24, 2.45) is 0 Å². The van der Waals surface area contributed by atoms with Crippen LogP contribution in [-0.4, -0.2) is 43.8 Å². The number of fused-ring (bicyclic) bond motifs is 1. The summed E-state index contributed by atoms with van der Waals surface area (Å²) in [5.41, 5.74) is 9.66. The van der Waals surface area contributed by atoms with E-state index in [1.165, 1.54) is 5.56 Å². The molecule has 0 radical (unpaired) electrons. The van der Waals surface area contributed by atoms with Gasteiger partial charge in [0.15, 0.2) is 11.5 Å². The van der Waals surface area contributed by atoms with Crippen molar-refractivity contribution < 1.29 is 5.11 Å². The molecule has 26 heavy (non-hydrogen) atoms. The number of nitrogen functional groups attached to an aromatic ring is 1. The zero-order chi connectivity index (χ0) is 18.1. The van der Waals surface area contributed by atoms with Crippen LogP contribution in [0, 0.1) is 11.3 Å². The minimum atomic E-state index is -0.224. The highest BCUT2D eigenvalue weighted by Crippen LogP contribution is 2.23. The van der Waals surface area contributed by atoms with Gasteiger partial charge in [-0.3, -0.25) is 4.90 Å². The zero-order valence-corrected chi connectivity index (χ0v) is 14.3. The average Bonchev–Trinajstić information content (AvgIpc) is 2.96. The number of β-amino-alcohol motifs (C(OH)–C–C–N with tert-alkyl or cyclic N) is 1. The Kier molecular flexibility index (Phi) is 4.29. The number of nitriles is 1. The van der Waals surface area contributed by atoms with Gasteiger partial charge < -0.3 is 10.8 Å². The van der Waals surface area contributed by atoms with Crippen LogP contribution in [0.2, 0.25) is 0 Å². The highest BCUT2D eigenvalue weighted by Gasteiger charge is 2.18. The van der Waals surface area contributed by atoms with E-state index >= 15 is 0 Å². The molecule has 7 heteroatoms. The van der Waals surface area contributed by atoms with Gasteiger partial charge in [0.05, 0.1) is 6.10 Å². The third-order valence-corrected chi connectivity index (χ3v) is 4.76. The van der Waals surface area contributed by atoms with Crippen molar-refractivity contribution in [1.82, 2.24) is 19.5 Å². The van der Waals surface area contributed by atoms with Crippen molar-refractivity contribution >= 4 is 11.5 Å². The van der Waals surface area contributed by atoms with E-state index in [1.807, 2.05) is 24.4 Å². The predicted molar refractivity (Wildman–Crippen MR) is 98.1 cm³/mol. The van der Waals surface area contributed by atoms with Gasteiger partial charge in [0.25, 0.3) is 0 Å². The number of aromatic nitrogens is 3. The van der Waals surface area contributed by atoms with Gasteiger partial charge in [0, 0.05) is 31.0 Å². The van der Waals surface area contributed by atoms with Crippen molar-refractivity contribution in [1.29, 1.82) is 5.26 Å². The first-order chi connectivity index (χ1) is 12.6. The monoisotopic (exact) mass is 348 g/mol. The minimum Gasteiger partial charge on any atom is -0.392 e. The Morgan fingerprint density at radius 2 is 2.23 bits per heavy atom. The van der Waals surface area contributed by atoms with Gasteiger partial charge in [0.2, 0.25) is 0 Å². The number of aliphatic hydroxyl groups is 1. The van der Waals surface area contributed by atoms with Crippen LogP contribution in [0.3, 0.4) is 0 Å². The van der Waals surface area contributed by atoms with Crippen LogP contribution in [0.25, 0.3) is 16.8 Å². The van der Waals surface area contributed by atoms with Gasteiger partial charge in [-0.25, -0.2) is 9.50 Å². The first kappa shape index (κ1) is 16.5. The molecule has 4 rings (SSSR count). The molecule has 1 saturated heterocycles. The fourth-order valence-electron chi connectivity index (χ4n) is 3.49. The molecule has 0 amide bonds. The summed E-state index contributed by atoms with van der Waals surface area (Å²) in [4.78, 5) is 6.64. The topological polar surface area (TPSA) is 103 Å². The molecule has 1 fully saturated rings. The second-order valence-corrected chi connectivity index (χ2v) is 6.71. The van der Waals surface area contributed by atoms with Crippen molar-refractivity contribution in [3.05, 3.63) is 47.8 Å². The molecule has 0 spiro atoms. The first-order valence-corrected chi connectivity index (χ1v) is 8.68. The number of rotatable bonds is 3. The molecule has 1 aliphatic rings. The molecular formula is C19H20N6O. The lowest BCUT2D eigenvalue weighted by molar-refractivity contribution is 0.0668. The number of nitrogens with zero attached hydrogens (tertiary/aromatic N) is 5. The van der Waals surface area contributed by atoms with E-state index in [-0.39, 0.29) is 11.9 Å². The van der Waals surface area contributed by atoms with Crippen molar-refractivity contribution in [2.75, 3.05) is 18.8 Å². The fourth-order valence-corrected chi connectivity index (χ4v) is 3.49. The minimum absolute atomic E-state index is 0.189. The van der Waals surface area contributed by atoms with Crippen LogP contribution in [0.15, 0.2) is 36.7 Å². The van der Waals surface area contributed by atoms with E-state index in [2.05, 4.69) is 27.1 Å². The number of piperidine rings is 1. The van der Waals surface area contributed by atoms with Crippen LogP contribution in [-0.2, 0) is 6.54 Å². The van der Waals surface area contributed by atoms with E-state index in [1.54, 1.807) is 10.7 Å². The maximum atomic E-state index is 9.84. The Morgan fingerprint density at radius 1 is 1.35 bits per heavy atom. The molecule has 0 saturated carbocycles.